The Balaban J connectivity index is 0.000000359. The Morgan fingerprint density at radius 2 is 1.50 bits per heavy atom. The van der Waals surface area contributed by atoms with E-state index in [1.54, 1.807) is 0 Å². The number of carbonyl (C=O) groups is 3. The van der Waals surface area contributed by atoms with Gasteiger partial charge in [0.2, 0.25) is 0 Å². The van der Waals surface area contributed by atoms with Crippen molar-refractivity contribution < 1.29 is 24.6 Å². The maximum Gasteiger partial charge on any atom is 0.328 e. The number of Topliss-reactive ketones (excluding diaryl/α,β-unsaturated/α-hetero) is 1. The van der Waals surface area contributed by atoms with Gasteiger partial charge in [-0.1, -0.05) is 49.4 Å². The monoisotopic (exact) mass is 355 g/mol. The van der Waals surface area contributed by atoms with E-state index in [1.165, 1.54) is 0 Å². The minimum atomic E-state index is -1.26. The first kappa shape index (κ1) is 20.6. The van der Waals surface area contributed by atoms with E-state index in [0.29, 0.717) is 18.6 Å². The second kappa shape index (κ2) is 10.5. The third kappa shape index (κ3) is 6.24. The van der Waals surface area contributed by atoms with Crippen LogP contribution in [0.4, 0.5) is 5.69 Å². The average Bonchev–Trinajstić information content (AvgIpc) is 2.66. The summed E-state index contributed by atoms with van der Waals surface area (Å²) in [6.07, 6.45) is 1.64. The summed E-state index contributed by atoms with van der Waals surface area (Å²) < 4.78 is 0. The van der Waals surface area contributed by atoms with Gasteiger partial charge in [-0.3, -0.25) is 4.79 Å². The number of carboxylic acid groups (broad SMARTS) is 2. The molecule has 2 rings (SSSR count). The molecule has 2 aromatic carbocycles. The fourth-order valence-electron chi connectivity index (χ4n) is 2.24. The minimum Gasteiger partial charge on any atom is -0.478 e. The van der Waals surface area contributed by atoms with Crippen LogP contribution in [0, 0.1) is 0 Å². The highest BCUT2D eigenvalue weighted by atomic mass is 16.4. The SMILES string of the molecule is CCC(=O)c1cccc(NC)c1-c1ccccc1.O=C(O)/C=C\C(=O)O. The maximum atomic E-state index is 12.0. The van der Waals surface area contributed by atoms with Crippen LogP contribution in [0.25, 0.3) is 11.1 Å². The van der Waals surface area contributed by atoms with E-state index in [9.17, 15) is 14.4 Å². The summed E-state index contributed by atoms with van der Waals surface area (Å²) >= 11 is 0. The van der Waals surface area contributed by atoms with Gasteiger partial charge in [0, 0.05) is 42.4 Å². The molecule has 0 aliphatic heterocycles. The average molecular weight is 355 g/mol. The van der Waals surface area contributed by atoms with Gasteiger partial charge in [0.1, 0.15) is 0 Å². The summed E-state index contributed by atoms with van der Waals surface area (Å²) in [6.45, 7) is 1.89. The molecule has 0 bridgehead atoms. The summed E-state index contributed by atoms with van der Waals surface area (Å²) in [5.74, 6) is -2.34. The van der Waals surface area contributed by atoms with Gasteiger partial charge in [0.15, 0.2) is 5.78 Å². The lowest BCUT2D eigenvalue weighted by Gasteiger charge is -2.13. The van der Waals surface area contributed by atoms with E-state index in [2.05, 4.69) is 5.32 Å². The third-order valence-electron chi connectivity index (χ3n) is 3.39. The van der Waals surface area contributed by atoms with Crippen molar-refractivity contribution in [2.75, 3.05) is 12.4 Å². The first-order valence-corrected chi connectivity index (χ1v) is 7.94. The third-order valence-corrected chi connectivity index (χ3v) is 3.39. The van der Waals surface area contributed by atoms with Gasteiger partial charge in [0.05, 0.1) is 0 Å². The summed E-state index contributed by atoms with van der Waals surface area (Å²) in [4.78, 5) is 31.2. The Labute approximate surface area is 151 Å². The van der Waals surface area contributed by atoms with Crippen molar-refractivity contribution in [2.24, 2.45) is 0 Å². The molecule has 6 heteroatoms. The van der Waals surface area contributed by atoms with Crippen molar-refractivity contribution in [3.05, 3.63) is 66.2 Å². The summed E-state index contributed by atoms with van der Waals surface area (Å²) in [6, 6.07) is 15.8. The van der Waals surface area contributed by atoms with Crippen LogP contribution in [0.5, 0.6) is 0 Å². The molecule has 0 atom stereocenters. The van der Waals surface area contributed by atoms with Crippen LogP contribution in [0.2, 0.25) is 0 Å². The summed E-state index contributed by atoms with van der Waals surface area (Å²) in [7, 11) is 1.88. The van der Waals surface area contributed by atoms with Crippen LogP contribution >= 0.6 is 0 Å². The zero-order valence-corrected chi connectivity index (χ0v) is 14.6. The predicted octanol–water partition coefficient (Wildman–Crippen LogP) is 3.70. The van der Waals surface area contributed by atoms with E-state index in [1.807, 2.05) is 62.5 Å². The summed E-state index contributed by atoms with van der Waals surface area (Å²) in [5.41, 5.74) is 3.84. The number of hydrogen-bond acceptors (Lipinski definition) is 4. The number of hydrogen-bond donors (Lipinski definition) is 3. The number of rotatable bonds is 6. The Bertz CT molecular complexity index is 781. The molecule has 6 nitrogen and oxygen atoms in total. The number of ketones is 1. The highest BCUT2D eigenvalue weighted by molar-refractivity contribution is 6.05. The van der Waals surface area contributed by atoms with Crippen LogP contribution in [-0.2, 0) is 9.59 Å². The van der Waals surface area contributed by atoms with E-state index in [0.717, 1.165) is 22.4 Å². The Kier molecular flexibility index (Phi) is 8.30. The van der Waals surface area contributed by atoms with Gasteiger partial charge in [-0.2, -0.15) is 0 Å². The van der Waals surface area contributed by atoms with E-state index >= 15 is 0 Å². The largest absolute Gasteiger partial charge is 0.478 e. The Morgan fingerprint density at radius 1 is 0.923 bits per heavy atom. The molecule has 26 heavy (non-hydrogen) atoms. The highest BCUT2D eigenvalue weighted by Gasteiger charge is 2.14. The molecule has 3 N–H and O–H groups in total. The lowest BCUT2D eigenvalue weighted by molar-refractivity contribution is -0.134. The smallest absolute Gasteiger partial charge is 0.328 e. The molecule has 0 spiro atoms. The van der Waals surface area contributed by atoms with Gasteiger partial charge in [-0.25, -0.2) is 9.59 Å². The van der Waals surface area contributed by atoms with Gasteiger partial charge in [-0.15, -0.1) is 0 Å². The second-order valence-corrected chi connectivity index (χ2v) is 5.13. The van der Waals surface area contributed by atoms with Gasteiger partial charge in [0.25, 0.3) is 0 Å². The molecular formula is C20H21NO5. The molecule has 136 valence electrons. The fourth-order valence-corrected chi connectivity index (χ4v) is 2.24. The van der Waals surface area contributed by atoms with Crippen LogP contribution in [-0.4, -0.2) is 35.0 Å². The molecule has 0 fully saturated rings. The molecule has 0 aromatic heterocycles. The molecule has 0 aliphatic rings. The lowest BCUT2D eigenvalue weighted by Crippen LogP contribution is -2.03. The van der Waals surface area contributed by atoms with Crippen molar-refractivity contribution in [3.8, 4) is 11.1 Å². The van der Waals surface area contributed by atoms with Crippen LogP contribution < -0.4 is 5.32 Å². The van der Waals surface area contributed by atoms with Crippen molar-refractivity contribution >= 4 is 23.4 Å². The second-order valence-electron chi connectivity index (χ2n) is 5.13. The number of anilines is 1. The topological polar surface area (TPSA) is 104 Å². The maximum absolute atomic E-state index is 12.0. The zero-order chi connectivity index (χ0) is 19.5. The highest BCUT2D eigenvalue weighted by Crippen LogP contribution is 2.32. The van der Waals surface area contributed by atoms with Gasteiger partial charge < -0.3 is 15.5 Å². The first-order valence-electron chi connectivity index (χ1n) is 7.94. The molecule has 0 heterocycles. The number of carbonyl (C=O) groups excluding carboxylic acids is 1. The molecule has 0 amide bonds. The molecule has 0 saturated heterocycles. The number of benzene rings is 2. The van der Waals surface area contributed by atoms with Crippen molar-refractivity contribution in [1.82, 2.24) is 0 Å². The predicted molar refractivity (Wildman–Crippen MR) is 100 cm³/mol. The summed E-state index contributed by atoms with van der Waals surface area (Å²) in [5, 5.41) is 18.8. The lowest BCUT2D eigenvalue weighted by atomic mass is 9.94. The molecule has 2 aromatic rings. The first-order chi connectivity index (χ1) is 12.4. The van der Waals surface area contributed by atoms with E-state index < -0.39 is 11.9 Å². The standard InChI is InChI=1S/C16H17NO.C4H4O4/c1-3-15(18)13-10-7-11-14(17-2)16(13)12-8-5-4-6-9-12;5-3(6)1-2-4(7)8/h4-11,17H,3H2,1-2H3;1-2H,(H,5,6)(H,7,8)/b;2-1-. The Hall–Kier alpha value is -3.41. The molecular weight excluding hydrogens is 334 g/mol. The van der Waals surface area contributed by atoms with Crippen LogP contribution in [0.1, 0.15) is 23.7 Å². The van der Waals surface area contributed by atoms with E-state index in [4.69, 9.17) is 10.2 Å². The van der Waals surface area contributed by atoms with Crippen LogP contribution in [0.3, 0.4) is 0 Å². The van der Waals surface area contributed by atoms with Gasteiger partial charge >= 0.3 is 11.9 Å². The molecule has 0 unspecified atom stereocenters. The quantitative estimate of drug-likeness (QED) is 0.539. The molecule has 0 aliphatic carbocycles. The molecule has 0 radical (unpaired) electrons. The number of carboxylic acids is 2. The van der Waals surface area contributed by atoms with Crippen molar-refractivity contribution in [3.63, 3.8) is 0 Å². The number of aliphatic carboxylic acids is 2. The van der Waals surface area contributed by atoms with E-state index in [-0.39, 0.29) is 5.78 Å². The van der Waals surface area contributed by atoms with Crippen molar-refractivity contribution in [1.29, 1.82) is 0 Å². The van der Waals surface area contributed by atoms with Crippen molar-refractivity contribution in [2.45, 2.75) is 13.3 Å². The minimum absolute atomic E-state index is 0.172. The number of nitrogens with one attached hydrogen (secondary N) is 1. The fraction of sp³-hybridized carbons (Fsp3) is 0.150. The molecule has 0 saturated carbocycles. The van der Waals surface area contributed by atoms with Crippen LogP contribution in [0.15, 0.2) is 60.7 Å². The zero-order valence-electron chi connectivity index (χ0n) is 14.6. The normalized spacial score (nSPS) is 9.92. The van der Waals surface area contributed by atoms with Gasteiger partial charge in [-0.05, 0) is 11.6 Å². The Morgan fingerprint density at radius 3 is 1.96 bits per heavy atom.